The van der Waals surface area contributed by atoms with Gasteiger partial charge >= 0.3 is 0 Å². The van der Waals surface area contributed by atoms with Crippen molar-refractivity contribution in [2.45, 2.75) is 19.9 Å². The highest BCUT2D eigenvalue weighted by Crippen LogP contribution is 2.41. The summed E-state index contributed by atoms with van der Waals surface area (Å²) in [5.74, 6) is 0.596. The predicted octanol–water partition coefficient (Wildman–Crippen LogP) is 1.56. The lowest BCUT2D eigenvalue weighted by Gasteiger charge is -2.60. The van der Waals surface area contributed by atoms with Gasteiger partial charge in [-0.05, 0) is 41.6 Å². The minimum Gasteiger partial charge on any atom is -0.354 e. The maximum Gasteiger partial charge on any atom is 0.271 e. The number of aromatic amines is 1. The van der Waals surface area contributed by atoms with Crippen LogP contribution in [0.3, 0.4) is 0 Å². The Kier molecular flexibility index (Phi) is 4.74. The molecule has 8 nitrogen and oxygen atoms in total. The third-order valence-electron chi connectivity index (χ3n) is 6.38. The first kappa shape index (κ1) is 19.7. The Hall–Kier alpha value is -3.26. The second-order valence-electron chi connectivity index (χ2n) is 8.76. The molecule has 2 aliphatic rings. The van der Waals surface area contributed by atoms with Gasteiger partial charge in [0.05, 0.1) is 0 Å². The van der Waals surface area contributed by atoms with Crippen LogP contribution in [0, 0.1) is 5.41 Å². The first-order valence-electron chi connectivity index (χ1n) is 10.7. The standard InChI is InChI=1S/C23H26N6O2/c1-3-16-9-17-5-4-15(8-19(17)25-21(16)30)10-28-11-23(12-28)13-29(14-23)20-7-6-18(26-27-20)22(31)24-2/h4-9H,3,10-14H2,1-2H3,(H,24,31)(H,25,30). The summed E-state index contributed by atoms with van der Waals surface area (Å²) in [7, 11) is 1.58. The number of carbonyl (C=O) groups excluding carboxylic acids is 1. The lowest BCUT2D eigenvalue weighted by atomic mass is 9.72. The maximum atomic E-state index is 12.1. The van der Waals surface area contributed by atoms with Gasteiger partial charge in [0, 0.05) is 56.3 Å². The van der Waals surface area contributed by atoms with E-state index in [-0.39, 0.29) is 11.5 Å². The second-order valence-corrected chi connectivity index (χ2v) is 8.76. The maximum absolute atomic E-state index is 12.1. The van der Waals surface area contributed by atoms with E-state index in [0.29, 0.717) is 11.1 Å². The number of carbonyl (C=O) groups is 1. The van der Waals surface area contributed by atoms with E-state index in [1.54, 1.807) is 13.1 Å². The van der Waals surface area contributed by atoms with Crippen molar-refractivity contribution in [2.75, 3.05) is 38.1 Å². The number of likely N-dealkylation sites (tertiary alicyclic amines) is 1. The number of hydrogen-bond acceptors (Lipinski definition) is 6. The molecule has 160 valence electrons. The van der Waals surface area contributed by atoms with Crippen LogP contribution in [0.1, 0.15) is 28.5 Å². The molecule has 5 rings (SSSR count). The summed E-state index contributed by atoms with van der Waals surface area (Å²) in [5.41, 5.74) is 3.61. The van der Waals surface area contributed by atoms with E-state index in [1.165, 1.54) is 5.56 Å². The molecule has 3 aromatic rings. The summed E-state index contributed by atoms with van der Waals surface area (Å²) in [6.45, 7) is 6.91. The minimum atomic E-state index is -0.225. The number of aryl methyl sites for hydroxylation is 1. The molecule has 0 radical (unpaired) electrons. The van der Waals surface area contributed by atoms with Gasteiger partial charge in [-0.3, -0.25) is 14.5 Å². The Morgan fingerprint density at radius 3 is 2.61 bits per heavy atom. The van der Waals surface area contributed by atoms with E-state index >= 15 is 0 Å². The molecule has 0 bridgehead atoms. The summed E-state index contributed by atoms with van der Waals surface area (Å²) >= 11 is 0. The van der Waals surface area contributed by atoms with Gasteiger partial charge in [0.1, 0.15) is 0 Å². The molecule has 0 unspecified atom stereocenters. The van der Waals surface area contributed by atoms with Crippen molar-refractivity contribution in [1.82, 2.24) is 25.4 Å². The van der Waals surface area contributed by atoms with Gasteiger partial charge in [0.2, 0.25) is 0 Å². The zero-order chi connectivity index (χ0) is 21.6. The molecule has 2 fully saturated rings. The van der Waals surface area contributed by atoms with Crippen molar-refractivity contribution in [2.24, 2.45) is 5.41 Å². The number of rotatable bonds is 5. The van der Waals surface area contributed by atoms with Crippen LogP contribution < -0.4 is 15.8 Å². The average Bonchev–Trinajstić information content (AvgIpc) is 2.73. The first-order chi connectivity index (χ1) is 15.0. The molecule has 1 spiro atoms. The molecule has 4 heterocycles. The summed E-state index contributed by atoms with van der Waals surface area (Å²) in [6.07, 6.45) is 0.740. The molecule has 1 aromatic carbocycles. The van der Waals surface area contributed by atoms with Gasteiger partial charge in [-0.1, -0.05) is 19.1 Å². The van der Waals surface area contributed by atoms with Gasteiger partial charge < -0.3 is 15.2 Å². The fourth-order valence-corrected chi connectivity index (χ4v) is 4.80. The van der Waals surface area contributed by atoms with Crippen LogP contribution in [0.15, 0.2) is 41.2 Å². The molecule has 0 saturated carbocycles. The normalized spacial score (nSPS) is 17.4. The zero-order valence-electron chi connectivity index (χ0n) is 17.8. The molecular formula is C23H26N6O2. The number of nitrogens with zero attached hydrogens (tertiary/aromatic N) is 4. The van der Waals surface area contributed by atoms with E-state index in [0.717, 1.165) is 61.4 Å². The lowest BCUT2D eigenvalue weighted by molar-refractivity contribution is -0.0277. The number of aromatic nitrogens is 3. The molecule has 1 amide bonds. The Balaban J connectivity index is 1.17. The number of anilines is 1. The summed E-state index contributed by atoms with van der Waals surface area (Å²) in [4.78, 5) is 31.4. The van der Waals surface area contributed by atoms with Crippen molar-refractivity contribution in [3.8, 4) is 0 Å². The number of hydrogen-bond donors (Lipinski definition) is 2. The van der Waals surface area contributed by atoms with Crippen LogP contribution in [0.4, 0.5) is 5.82 Å². The van der Waals surface area contributed by atoms with Gasteiger partial charge in [-0.25, -0.2) is 0 Å². The van der Waals surface area contributed by atoms with Crippen LogP contribution in [-0.2, 0) is 13.0 Å². The summed E-state index contributed by atoms with van der Waals surface area (Å²) in [6, 6.07) is 11.9. The van der Waals surface area contributed by atoms with Crippen LogP contribution in [0.5, 0.6) is 0 Å². The molecule has 0 atom stereocenters. The second kappa shape index (κ2) is 7.46. The Morgan fingerprint density at radius 1 is 1.13 bits per heavy atom. The van der Waals surface area contributed by atoms with E-state index in [9.17, 15) is 9.59 Å². The Morgan fingerprint density at radius 2 is 1.94 bits per heavy atom. The quantitative estimate of drug-likeness (QED) is 0.653. The smallest absolute Gasteiger partial charge is 0.271 e. The molecule has 2 aromatic heterocycles. The number of H-pyrrole nitrogens is 1. The number of benzene rings is 1. The minimum absolute atomic E-state index is 0.0102. The van der Waals surface area contributed by atoms with Crippen LogP contribution >= 0.6 is 0 Å². The van der Waals surface area contributed by atoms with E-state index in [4.69, 9.17) is 0 Å². The fourth-order valence-electron chi connectivity index (χ4n) is 4.80. The third-order valence-corrected chi connectivity index (χ3v) is 6.38. The SMILES string of the molecule is CCc1cc2ccc(CN3CC4(C3)CN(c3ccc(C(=O)NC)nn3)C4)cc2[nH]c1=O. The van der Waals surface area contributed by atoms with Crippen molar-refractivity contribution < 1.29 is 4.79 Å². The fraction of sp³-hybridized carbons (Fsp3) is 0.391. The number of fused-ring (bicyclic) bond motifs is 1. The predicted molar refractivity (Wildman–Crippen MR) is 119 cm³/mol. The lowest BCUT2D eigenvalue weighted by Crippen LogP contribution is -2.72. The van der Waals surface area contributed by atoms with Gasteiger partial charge in [-0.2, -0.15) is 0 Å². The molecule has 2 saturated heterocycles. The molecule has 31 heavy (non-hydrogen) atoms. The van der Waals surface area contributed by atoms with Gasteiger partial charge in [0.25, 0.3) is 11.5 Å². The molecular weight excluding hydrogens is 392 g/mol. The van der Waals surface area contributed by atoms with Gasteiger partial charge in [-0.15, -0.1) is 10.2 Å². The summed E-state index contributed by atoms with van der Waals surface area (Å²) in [5, 5.41) is 11.9. The largest absolute Gasteiger partial charge is 0.354 e. The van der Waals surface area contributed by atoms with Crippen LogP contribution in [-0.4, -0.2) is 59.2 Å². The van der Waals surface area contributed by atoms with Crippen molar-refractivity contribution in [3.63, 3.8) is 0 Å². The number of pyridine rings is 1. The van der Waals surface area contributed by atoms with Crippen molar-refractivity contribution >= 4 is 22.6 Å². The zero-order valence-corrected chi connectivity index (χ0v) is 17.8. The van der Waals surface area contributed by atoms with Crippen molar-refractivity contribution in [3.05, 3.63) is 63.6 Å². The highest BCUT2D eigenvalue weighted by molar-refractivity contribution is 5.91. The molecule has 8 heteroatoms. The molecule has 0 aliphatic carbocycles. The van der Waals surface area contributed by atoms with E-state index < -0.39 is 0 Å². The van der Waals surface area contributed by atoms with Crippen molar-refractivity contribution in [1.29, 1.82) is 0 Å². The Labute approximate surface area is 180 Å². The van der Waals surface area contributed by atoms with Crippen LogP contribution in [0.2, 0.25) is 0 Å². The third kappa shape index (κ3) is 3.57. The Bertz CT molecular complexity index is 1190. The average molecular weight is 419 g/mol. The molecule has 2 N–H and O–H groups in total. The topological polar surface area (TPSA) is 94.2 Å². The van der Waals surface area contributed by atoms with E-state index in [1.807, 2.05) is 19.1 Å². The number of nitrogens with one attached hydrogen (secondary N) is 2. The summed E-state index contributed by atoms with van der Waals surface area (Å²) < 4.78 is 0. The van der Waals surface area contributed by atoms with E-state index in [2.05, 4.69) is 48.5 Å². The molecule has 2 aliphatic heterocycles. The highest BCUT2D eigenvalue weighted by Gasteiger charge is 2.51. The van der Waals surface area contributed by atoms with Crippen LogP contribution in [0.25, 0.3) is 10.9 Å². The highest BCUT2D eigenvalue weighted by atomic mass is 16.1. The van der Waals surface area contributed by atoms with Gasteiger partial charge in [0.15, 0.2) is 11.5 Å². The number of amides is 1. The first-order valence-corrected chi connectivity index (χ1v) is 10.7. The monoisotopic (exact) mass is 418 g/mol.